The number of rotatable bonds is 6. The van der Waals surface area contributed by atoms with Gasteiger partial charge in [0, 0.05) is 6.61 Å². The van der Waals surface area contributed by atoms with Gasteiger partial charge in [-0.25, -0.2) is 0 Å². The summed E-state index contributed by atoms with van der Waals surface area (Å²) < 4.78 is 0. The molecule has 0 radical (unpaired) electrons. The maximum absolute atomic E-state index is 10.2. The van der Waals surface area contributed by atoms with Crippen LogP contribution in [-0.2, 0) is 0 Å². The summed E-state index contributed by atoms with van der Waals surface area (Å²) in [6.45, 7) is 0.885. The van der Waals surface area contributed by atoms with Crippen LogP contribution >= 0.6 is 0 Å². The van der Waals surface area contributed by atoms with Crippen LogP contribution in [0, 0.1) is 28.6 Å². The zero-order valence-corrected chi connectivity index (χ0v) is 11.4. The summed E-state index contributed by atoms with van der Waals surface area (Å²) in [6, 6.07) is 0. The quantitative estimate of drug-likeness (QED) is 0.733. The Morgan fingerprint density at radius 3 is 2.44 bits per heavy atom. The molecular formula is C15H27NO2. The number of nitrogens with zero attached hydrogens (tertiary/aromatic N) is 1. The molecule has 0 aliphatic heterocycles. The predicted molar refractivity (Wildman–Crippen MR) is 73.3 cm³/mol. The molecule has 104 valence electrons. The highest BCUT2D eigenvalue weighted by atomic mass is 16.3. The van der Waals surface area contributed by atoms with Crippen molar-refractivity contribution < 1.29 is 5.11 Å². The van der Waals surface area contributed by atoms with Gasteiger partial charge in [0.25, 0.3) is 0 Å². The molecule has 0 aromatic rings. The van der Waals surface area contributed by atoms with Crippen molar-refractivity contribution in [1.82, 2.24) is 0 Å². The van der Waals surface area contributed by atoms with Crippen molar-refractivity contribution in [2.75, 3.05) is 13.2 Å². The van der Waals surface area contributed by atoms with Gasteiger partial charge in [-0.3, -0.25) is 0 Å². The Labute approximate surface area is 110 Å². The van der Waals surface area contributed by atoms with E-state index in [2.05, 4.69) is 5.18 Å². The highest BCUT2D eigenvalue weighted by molar-refractivity contribution is 4.82. The van der Waals surface area contributed by atoms with Gasteiger partial charge in [0.05, 0.1) is 6.54 Å². The third kappa shape index (κ3) is 3.78. The molecule has 4 atom stereocenters. The molecule has 3 nitrogen and oxygen atoms in total. The lowest BCUT2D eigenvalue weighted by Gasteiger charge is -2.32. The van der Waals surface area contributed by atoms with Crippen molar-refractivity contribution >= 4 is 0 Å². The standard InChI is InChI=1S/C15H27NO2/c17-11-15-4-2-1-3-14(15)10-13-6-5-12(9-13)7-8-16-18/h12-15,17H,1-11H2. The van der Waals surface area contributed by atoms with Crippen LogP contribution in [0.2, 0.25) is 0 Å². The maximum Gasteiger partial charge on any atom is 0.0813 e. The van der Waals surface area contributed by atoms with Crippen LogP contribution in [0.3, 0.4) is 0 Å². The molecule has 0 heterocycles. The van der Waals surface area contributed by atoms with Gasteiger partial charge in [-0.1, -0.05) is 37.3 Å². The number of hydrogen-bond donors (Lipinski definition) is 1. The molecule has 0 aromatic heterocycles. The average Bonchev–Trinajstić information content (AvgIpc) is 2.84. The lowest BCUT2D eigenvalue weighted by Crippen LogP contribution is -2.24. The van der Waals surface area contributed by atoms with Gasteiger partial charge < -0.3 is 5.11 Å². The second-order valence-electron chi connectivity index (χ2n) is 6.41. The fraction of sp³-hybridized carbons (Fsp3) is 1.00. The van der Waals surface area contributed by atoms with Crippen LogP contribution < -0.4 is 0 Å². The van der Waals surface area contributed by atoms with E-state index in [1.54, 1.807) is 0 Å². The maximum atomic E-state index is 10.2. The first-order chi connectivity index (χ1) is 8.83. The van der Waals surface area contributed by atoms with Crippen LogP contribution in [0.25, 0.3) is 0 Å². The minimum Gasteiger partial charge on any atom is -0.396 e. The molecule has 2 aliphatic rings. The zero-order valence-electron chi connectivity index (χ0n) is 11.4. The van der Waals surface area contributed by atoms with E-state index in [-0.39, 0.29) is 0 Å². The average molecular weight is 253 g/mol. The highest BCUT2D eigenvalue weighted by Gasteiger charge is 2.31. The Bertz CT molecular complexity index is 257. The van der Waals surface area contributed by atoms with Gasteiger partial charge in [0.15, 0.2) is 0 Å². The first-order valence-corrected chi connectivity index (χ1v) is 7.73. The first-order valence-electron chi connectivity index (χ1n) is 7.73. The number of nitroso groups, excluding NO2 is 1. The van der Waals surface area contributed by atoms with Crippen molar-refractivity contribution in [3.8, 4) is 0 Å². The molecule has 2 rings (SSSR count). The van der Waals surface area contributed by atoms with Crippen molar-refractivity contribution in [2.24, 2.45) is 28.8 Å². The Kier molecular flexibility index (Phi) is 5.61. The molecule has 0 amide bonds. The van der Waals surface area contributed by atoms with Gasteiger partial charge in [-0.15, -0.1) is 0 Å². The van der Waals surface area contributed by atoms with Gasteiger partial charge in [-0.2, -0.15) is 4.91 Å². The second-order valence-corrected chi connectivity index (χ2v) is 6.41. The lowest BCUT2D eigenvalue weighted by molar-refractivity contribution is 0.117. The van der Waals surface area contributed by atoms with Crippen LogP contribution in [-0.4, -0.2) is 18.3 Å². The molecule has 0 bridgehead atoms. The molecule has 2 saturated carbocycles. The van der Waals surface area contributed by atoms with E-state index in [1.165, 1.54) is 51.4 Å². The summed E-state index contributed by atoms with van der Waals surface area (Å²) in [5.41, 5.74) is 0. The van der Waals surface area contributed by atoms with Crippen molar-refractivity contribution in [3.63, 3.8) is 0 Å². The number of aliphatic hydroxyl groups excluding tert-OH is 1. The van der Waals surface area contributed by atoms with Crippen molar-refractivity contribution in [2.45, 2.75) is 57.8 Å². The fourth-order valence-electron chi connectivity index (χ4n) is 4.15. The summed E-state index contributed by atoms with van der Waals surface area (Å²) in [4.78, 5) is 10.2. The SMILES string of the molecule is O=NCCC1CCC(CC2CCCCC2CO)C1. The minimum atomic E-state index is 0.385. The topological polar surface area (TPSA) is 49.7 Å². The molecule has 0 spiro atoms. The third-order valence-corrected chi connectivity index (χ3v) is 5.22. The van der Waals surface area contributed by atoms with Crippen molar-refractivity contribution in [1.29, 1.82) is 0 Å². The number of aliphatic hydroxyl groups is 1. The van der Waals surface area contributed by atoms with Gasteiger partial charge >= 0.3 is 0 Å². The van der Waals surface area contributed by atoms with Crippen LogP contribution in [0.1, 0.15) is 57.8 Å². The molecule has 2 aliphatic carbocycles. The predicted octanol–water partition coefficient (Wildman–Crippen LogP) is 3.75. The molecule has 0 aromatic carbocycles. The van der Waals surface area contributed by atoms with Crippen molar-refractivity contribution in [3.05, 3.63) is 4.91 Å². The van der Waals surface area contributed by atoms with Gasteiger partial charge in [-0.05, 0) is 49.4 Å². The Hall–Kier alpha value is -0.440. The third-order valence-electron chi connectivity index (χ3n) is 5.22. The minimum absolute atomic E-state index is 0.385. The Balaban J connectivity index is 1.74. The van der Waals surface area contributed by atoms with Crippen LogP contribution in [0.5, 0.6) is 0 Å². The van der Waals surface area contributed by atoms with E-state index in [9.17, 15) is 10.0 Å². The van der Waals surface area contributed by atoms with E-state index < -0.39 is 0 Å². The molecule has 0 saturated heterocycles. The summed E-state index contributed by atoms with van der Waals surface area (Å²) in [6.07, 6.45) is 11.4. The van der Waals surface area contributed by atoms with Gasteiger partial charge in [0.1, 0.15) is 0 Å². The smallest absolute Gasteiger partial charge is 0.0813 e. The second kappa shape index (κ2) is 7.22. The van der Waals surface area contributed by atoms with E-state index in [0.717, 1.165) is 24.2 Å². The monoisotopic (exact) mass is 253 g/mol. The molecule has 1 N–H and O–H groups in total. The number of hydrogen-bond acceptors (Lipinski definition) is 3. The zero-order chi connectivity index (χ0) is 12.8. The van der Waals surface area contributed by atoms with Crippen LogP contribution in [0.4, 0.5) is 0 Å². The van der Waals surface area contributed by atoms with E-state index in [1.807, 2.05) is 0 Å². The van der Waals surface area contributed by atoms with E-state index in [0.29, 0.717) is 19.1 Å². The molecule has 2 fully saturated rings. The highest BCUT2D eigenvalue weighted by Crippen LogP contribution is 2.41. The molecular weight excluding hydrogens is 226 g/mol. The van der Waals surface area contributed by atoms with E-state index >= 15 is 0 Å². The first kappa shape index (κ1) is 14.0. The summed E-state index contributed by atoms with van der Waals surface area (Å²) in [5.74, 6) is 2.91. The summed E-state index contributed by atoms with van der Waals surface area (Å²) >= 11 is 0. The molecule has 18 heavy (non-hydrogen) atoms. The van der Waals surface area contributed by atoms with Crippen LogP contribution in [0.15, 0.2) is 5.18 Å². The lowest BCUT2D eigenvalue weighted by atomic mass is 9.75. The fourth-order valence-corrected chi connectivity index (χ4v) is 4.15. The van der Waals surface area contributed by atoms with E-state index in [4.69, 9.17) is 0 Å². The Morgan fingerprint density at radius 1 is 1.00 bits per heavy atom. The molecule has 3 heteroatoms. The molecule has 4 unspecified atom stereocenters. The largest absolute Gasteiger partial charge is 0.396 e. The summed E-state index contributed by atoms with van der Waals surface area (Å²) in [7, 11) is 0. The summed E-state index contributed by atoms with van der Waals surface area (Å²) in [5, 5.41) is 12.4. The normalized spacial score (nSPS) is 36.7. The van der Waals surface area contributed by atoms with Gasteiger partial charge in [0.2, 0.25) is 0 Å². The Morgan fingerprint density at radius 2 is 1.72 bits per heavy atom.